The van der Waals surface area contributed by atoms with E-state index in [-0.39, 0.29) is 11.7 Å². The van der Waals surface area contributed by atoms with Gasteiger partial charge in [-0.3, -0.25) is 0 Å². The number of benzene rings is 1. The molecule has 0 amide bonds. The van der Waals surface area contributed by atoms with Gasteiger partial charge in [0.2, 0.25) is 0 Å². The van der Waals surface area contributed by atoms with Crippen molar-refractivity contribution in [2.24, 2.45) is 0 Å². The van der Waals surface area contributed by atoms with E-state index in [2.05, 4.69) is 21.2 Å². The van der Waals surface area contributed by atoms with E-state index in [1.54, 1.807) is 18.2 Å². The number of hydrogen-bond acceptors (Lipinski definition) is 3. The third kappa shape index (κ3) is 4.75. The second-order valence-electron chi connectivity index (χ2n) is 3.84. The number of rotatable bonds is 6. The Kier molecular flexibility index (Phi) is 5.44. The highest BCUT2D eigenvalue weighted by Gasteiger charge is 2.09. The molecule has 0 atom stereocenters. The normalized spacial score (nSPS) is 10.6. The van der Waals surface area contributed by atoms with E-state index < -0.39 is 5.97 Å². The maximum absolute atomic E-state index is 11.0. The molecule has 2 N–H and O–H groups in total. The topological polar surface area (TPSA) is 58.6 Å². The van der Waals surface area contributed by atoms with E-state index >= 15 is 0 Å². The highest BCUT2D eigenvalue weighted by molar-refractivity contribution is 9.10. The second-order valence-corrected chi connectivity index (χ2v) is 4.76. The van der Waals surface area contributed by atoms with E-state index in [1.807, 2.05) is 13.8 Å². The first-order chi connectivity index (χ1) is 8.00. The molecular weight excluding hydrogens is 286 g/mol. The highest BCUT2D eigenvalue weighted by Crippen LogP contribution is 2.20. The van der Waals surface area contributed by atoms with Crippen LogP contribution >= 0.6 is 15.9 Å². The quantitative estimate of drug-likeness (QED) is 0.793. The summed E-state index contributed by atoms with van der Waals surface area (Å²) in [5, 5.41) is 12.1. The van der Waals surface area contributed by atoms with E-state index in [1.165, 1.54) is 0 Å². The predicted octanol–water partition coefficient (Wildman–Crippen LogP) is 2.98. The molecule has 4 nitrogen and oxygen atoms in total. The fourth-order valence-electron chi connectivity index (χ4n) is 1.33. The van der Waals surface area contributed by atoms with Gasteiger partial charge >= 0.3 is 5.97 Å². The van der Waals surface area contributed by atoms with Gasteiger partial charge in [-0.15, -0.1) is 0 Å². The van der Waals surface area contributed by atoms with Crippen LogP contribution in [0, 0.1) is 0 Å². The lowest BCUT2D eigenvalue weighted by atomic mass is 10.2. The molecule has 0 saturated carbocycles. The van der Waals surface area contributed by atoms with Gasteiger partial charge in [0.15, 0.2) is 0 Å². The molecule has 0 bridgehead atoms. The molecule has 0 aliphatic carbocycles. The van der Waals surface area contributed by atoms with Crippen LogP contribution in [0.5, 0.6) is 0 Å². The van der Waals surface area contributed by atoms with Crippen molar-refractivity contribution in [3.8, 4) is 0 Å². The summed E-state index contributed by atoms with van der Waals surface area (Å²) in [5.74, 6) is -0.946. The minimum absolute atomic E-state index is 0.181. The molecule has 0 saturated heterocycles. The number of carboxylic acid groups (broad SMARTS) is 1. The van der Waals surface area contributed by atoms with Crippen LogP contribution in [0.15, 0.2) is 22.7 Å². The molecule has 0 unspecified atom stereocenters. The minimum Gasteiger partial charge on any atom is -0.478 e. The molecule has 0 radical (unpaired) electrons. The molecule has 0 fully saturated rings. The summed E-state index contributed by atoms with van der Waals surface area (Å²) in [7, 11) is 0. The number of aromatic carboxylic acids is 1. The van der Waals surface area contributed by atoms with Crippen molar-refractivity contribution in [1.82, 2.24) is 0 Å². The molecule has 1 aromatic rings. The molecule has 0 aromatic heterocycles. The van der Waals surface area contributed by atoms with Crippen LogP contribution in [-0.2, 0) is 4.74 Å². The number of hydrogen-bond donors (Lipinski definition) is 2. The van der Waals surface area contributed by atoms with Crippen molar-refractivity contribution in [3.05, 3.63) is 28.2 Å². The maximum atomic E-state index is 11.0. The Morgan fingerprint density at radius 1 is 1.53 bits per heavy atom. The maximum Gasteiger partial charge on any atom is 0.337 e. The number of halogens is 1. The Labute approximate surface area is 109 Å². The summed E-state index contributed by atoms with van der Waals surface area (Å²) >= 11 is 3.25. The number of ether oxygens (including phenoxy) is 1. The Bertz CT molecular complexity index is 393. The fourth-order valence-corrected chi connectivity index (χ4v) is 1.69. The summed E-state index contributed by atoms with van der Waals surface area (Å²) in [6.45, 7) is 5.05. The molecule has 1 aromatic carbocycles. The zero-order valence-electron chi connectivity index (χ0n) is 9.87. The molecule has 5 heteroatoms. The fraction of sp³-hybridized carbons (Fsp3) is 0.417. The van der Waals surface area contributed by atoms with E-state index in [4.69, 9.17) is 9.84 Å². The minimum atomic E-state index is -0.946. The van der Waals surface area contributed by atoms with E-state index in [9.17, 15) is 4.79 Å². The monoisotopic (exact) mass is 301 g/mol. The molecule has 0 heterocycles. The second kappa shape index (κ2) is 6.61. The van der Waals surface area contributed by atoms with Crippen molar-refractivity contribution in [3.63, 3.8) is 0 Å². The Morgan fingerprint density at radius 3 is 2.82 bits per heavy atom. The summed E-state index contributed by atoms with van der Waals surface area (Å²) < 4.78 is 6.12. The Morgan fingerprint density at radius 2 is 2.24 bits per heavy atom. The van der Waals surface area contributed by atoms with Crippen molar-refractivity contribution in [2.45, 2.75) is 20.0 Å². The van der Waals surface area contributed by atoms with Gasteiger partial charge in [-0.2, -0.15) is 0 Å². The summed E-state index contributed by atoms with van der Waals surface area (Å²) in [5.41, 5.74) is 0.858. The lowest BCUT2D eigenvalue weighted by molar-refractivity contribution is 0.0697. The van der Waals surface area contributed by atoms with Gasteiger partial charge < -0.3 is 15.2 Å². The van der Waals surface area contributed by atoms with E-state index in [0.717, 1.165) is 4.47 Å². The molecular formula is C12H16BrNO3. The van der Waals surface area contributed by atoms with Crippen LogP contribution in [0.3, 0.4) is 0 Å². The first-order valence-electron chi connectivity index (χ1n) is 5.39. The number of carboxylic acids is 1. The van der Waals surface area contributed by atoms with Gasteiger partial charge in [0, 0.05) is 16.7 Å². The highest BCUT2D eigenvalue weighted by atomic mass is 79.9. The molecule has 0 aliphatic rings. The lowest BCUT2D eigenvalue weighted by Crippen LogP contribution is -2.15. The zero-order valence-corrected chi connectivity index (χ0v) is 11.5. The summed E-state index contributed by atoms with van der Waals surface area (Å²) in [4.78, 5) is 11.0. The average Bonchev–Trinajstić information content (AvgIpc) is 2.25. The van der Waals surface area contributed by atoms with Crippen LogP contribution in [-0.4, -0.2) is 30.3 Å². The van der Waals surface area contributed by atoms with Gasteiger partial charge in [0.05, 0.1) is 18.3 Å². The molecule has 0 spiro atoms. The smallest absolute Gasteiger partial charge is 0.337 e. The van der Waals surface area contributed by atoms with Gasteiger partial charge in [-0.1, -0.05) is 15.9 Å². The van der Waals surface area contributed by atoms with Crippen LogP contribution in [0.4, 0.5) is 5.69 Å². The SMILES string of the molecule is CC(C)OCCNc1ccc(Br)cc1C(=O)O. The predicted molar refractivity (Wildman–Crippen MR) is 70.7 cm³/mol. The molecule has 1 rings (SSSR count). The van der Waals surface area contributed by atoms with Gasteiger partial charge in [0.25, 0.3) is 0 Å². The first kappa shape index (κ1) is 14.0. The number of anilines is 1. The van der Waals surface area contributed by atoms with Crippen LogP contribution < -0.4 is 5.32 Å². The summed E-state index contributed by atoms with van der Waals surface area (Å²) in [6.07, 6.45) is 0.181. The van der Waals surface area contributed by atoms with Crippen molar-refractivity contribution in [1.29, 1.82) is 0 Å². The molecule has 17 heavy (non-hydrogen) atoms. The van der Waals surface area contributed by atoms with Gasteiger partial charge in [-0.25, -0.2) is 4.79 Å². The standard InChI is InChI=1S/C12H16BrNO3/c1-8(2)17-6-5-14-11-4-3-9(13)7-10(11)12(15)16/h3-4,7-8,14H,5-6H2,1-2H3,(H,15,16). The molecule has 0 aliphatic heterocycles. The van der Waals surface area contributed by atoms with Crippen molar-refractivity contribution in [2.75, 3.05) is 18.5 Å². The zero-order chi connectivity index (χ0) is 12.8. The Balaban J connectivity index is 2.61. The lowest BCUT2D eigenvalue weighted by Gasteiger charge is -2.11. The van der Waals surface area contributed by atoms with Crippen LogP contribution in [0.2, 0.25) is 0 Å². The largest absolute Gasteiger partial charge is 0.478 e. The first-order valence-corrected chi connectivity index (χ1v) is 6.18. The third-order valence-electron chi connectivity index (χ3n) is 2.08. The number of nitrogens with one attached hydrogen (secondary N) is 1. The van der Waals surface area contributed by atoms with Crippen molar-refractivity contribution < 1.29 is 14.6 Å². The van der Waals surface area contributed by atoms with Crippen LogP contribution in [0.1, 0.15) is 24.2 Å². The third-order valence-corrected chi connectivity index (χ3v) is 2.57. The van der Waals surface area contributed by atoms with Gasteiger partial charge in [-0.05, 0) is 32.0 Å². The van der Waals surface area contributed by atoms with Gasteiger partial charge in [0.1, 0.15) is 0 Å². The summed E-state index contributed by atoms with van der Waals surface area (Å²) in [6, 6.07) is 5.12. The number of carbonyl (C=O) groups is 1. The average molecular weight is 302 g/mol. The van der Waals surface area contributed by atoms with Crippen molar-refractivity contribution >= 4 is 27.6 Å². The Hall–Kier alpha value is -1.07. The molecule has 94 valence electrons. The van der Waals surface area contributed by atoms with Crippen LogP contribution in [0.25, 0.3) is 0 Å². The van der Waals surface area contributed by atoms with E-state index in [0.29, 0.717) is 18.8 Å².